The van der Waals surface area contributed by atoms with Crippen LogP contribution in [-0.2, 0) is 0 Å². The second-order valence-electron chi connectivity index (χ2n) is 4.99. The first kappa shape index (κ1) is 10.2. The van der Waals surface area contributed by atoms with Gasteiger partial charge in [0.25, 0.3) is 0 Å². The highest BCUT2D eigenvalue weighted by molar-refractivity contribution is 9.10. The molecule has 0 spiro atoms. The number of rotatable bonds is 1. The SMILES string of the molecule is CC1(C)CCC(n2nccc2Br)CC1. The highest BCUT2D eigenvalue weighted by Crippen LogP contribution is 2.40. The summed E-state index contributed by atoms with van der Waals surface area (Å²) in [6.07, 6.45) is 7.00. The van der Waals surface area contributed by atoms with Gasteiger partial charge in [-0.2, -0.15) is 5.10 Å². The lowest BCUT2D eigenvalue weighted by Gasteiger charge is -2.34. The van der Waals surface area contributed by atoms with Crippen molar-refractivity contribution in [1.29, 1.82) is 0 Å². The Balaban J connectivity index is 2.06. The molecule has 1 aliphatic carbocycles. The molecule has 1 fully saturated rings. The van der Waals surface area contributed by atoms with Gasteiger partial charge in [-0.25, -0.2) is 0 Å². The quantitative estimate of drug-likeness (QED) is 0.748. The van der Waals surface area contributed by atoms with Crippen LogP contribution >= 0.6 is 15.9 Å². The molecule has 1 aliphatic rings. The summed E-state index contributed by atoms with van der Waals surface area (Å²) in [6.45, 7) is 4.72. The van der Waals surface area contributed by atoms with Gasteiger partial charge in [0.1, 0.15) is 4.60 Å². The minimum atomic E-state index is 0.538. The molecule has 14 heavy (non-hydrogen) atoms. The van der Waals surface area contributed by atoms with E-state index >= 15 is 0 Å². The average molecular weight is 257 g/mol. The molecule has 1 heterocycles. The van der Waals surface area contributed by atoms with E-state index in [1.807, 2.05) is 12.3 Å². The fraction of sp³-hybridized carbons (Fsp3) is 0.727. The summed E-state index contributed by atoms with van der Waals surface area (Å²) in [5.41, 5.74) is 0.538. The lowest BCUT2D eigenvalue weighted by atomic mass is 9.76. The van der Waals surface area contributed by atoms with Gasteiger partial charge in [0.05, 0.1) is 12.2 Å². The molecular weight excluding hydrogens is 240 g/mol. The van der Waals surface area contributed by atoms with Gasteiger partial charge in [-0.15, -0.1) is 0 Å². The Morgan fingerprint density at radius 2 is 2.07 bits per heavy atom. The number of nitrogens with zero attached hydrogens (tertiary/aromatic N) is 2. The van der Waals surface area contributed by atoms with Crippen LogP contribution in [0.25, 0.3) is 0 Å². The van der Waals surface area contributed by atoms with Gasteiger partial charge >= 0.3 is 0 Å². The van der Waals surface area contributed by atoms with Gasteiger partial charge < -0.3 is 0 Å². The van der Waals surface area contributed by atoms with Crippen LogP contribution in [0, 0.1) is 5.41 Å². The number of hydrogen-bond donors (Lipinski definition) is 0. The summed E-state index contributed by atoms with van der Waals surface area (Å²) < 4.78 is 3.23. The molecule has 0 atom stereocenters. The standard InChI is InChI=1S/C11H17BrN2/c1-11(2)6-3-9(4-7-11)14-10(12)5-8-13-14/h5,8-9H,3-4,6-7H2,1-2H3. The molecule has 2 rings (SSSR count). The zero-order valence-corrected chi connectivity index (χ0v) is 10.4. The Hall–Kier alpha value is -0.310. The van der Waals surface area contributed by atoms with Crippen LogP contribution in [0.15, 0.2) is 16.9 Å². The van der Waals surface area contributed by atoms with Crippen LogP contribution < -0.4 is 0 Å². The molecule has 1 aromatic heterocycles. The minimum absolute atomic E-state index is 0.538. The first-order chi connectivity index (χ1) is 6.58. The van der Waals surface area contributed by atoms with Crippen molar-refractivity contribution in [1.82, 2.24) is 9.78 Å². The van der Waals surface area contributed by atoms with E-state index in [4.69, 9.17) is 0 Å². The number of hydrogen-bond acceptors (Lipinski definition) is 1. The Morgan fingerprint density at radius 3 is 2.57 bits per heavy atom. The smallest absolute Gasteiger partial charge is 0.104 e. The number of aromatic nitrogens is 2. The van der Waals surface area contributed by atoms with Gasteiger partial charge in [-0.1, -0.05) is 13.8 Å². The van der Waals surface area contributed by atoms with E-state index in [0.717, 1.165) is 4.60 Å². The zero-order valence-electron chi connectivity index (χ0n) is 8.83. The molecule has 0 aromatic carbocycles. The van der Waals surface area contributed by atoms with E-state index in [0.29, 0.717) is 11.5 Å². The van der Waals surface area contributed by atoms with Crippen molar-refractivity contribution in [3.8, 4) is 0 Å². The highest BCUT2D eigenvalue weighted by Gasteiger charge is 2.28. The van der Waals surface area contributed by atoms with Crippen molar-refractivity contribution in [3.05, 3.63) is 16.9 Å². The molecule has 0 N–H and O–H groups in total. The van der Waals surface area contributed by atoms with Crippen LogP contribution in [0.4, 0.5) is 0 Å². The largest absolute Gasteiger partial charge is 0.255 e. The summed E-state index contributed by atoms with van der Waals surface area (Å²) in [7, 11) is 0. The summed E-state index contributed by atoms with van der Waals surface area (Å²) in [5.74, 6) is 0. The third-order valence-electron chi connectivity index (χ3n) is 3.28. The summed E-state index contributed by atoms with van der Waals surface area (Å²) in [4.78, 5) is 0. The van der Waals surface area contributed by atoms with Crippen LogP contribution in [-0.4, -0.2) is 9.78 Å². The van der Waals surface area contributed by atoms with Gasteiger partial charge in [0.2, 0.25) is 0 Å². The second kappa shape index (κ2) is 3.69. The van der Waals surface area contributed by atoms with Crippen LogP contribution in [0.5, 0.6) is 0 Å². The average Bonchev–Trinajstić information content (AvgIpc) is 2.52. The first-order valence-corrected chi connectivity index (χ1v) is 6.07. The molecule has 0 amide bonds. The molecule has 0 saturated heterocycles. The molecule has 0 aliphatic heterocycles. The maximum Gasteiger partial charge on any atom is 0.104 e. The minimum Gasteiger partial charge on any atom is -0.255 e. The van der Waals surface area contributed by atoms with E-state index in [9.17, 15) is 0 Å². The molecule has 0 radical (unpaired) electrons. The molecule has 0 bridgehead atoms. The first-order valence-electron chi connectivity index (χ1n) is 5.27. The lowest BCUT2D eigenvalue weighted by Crippen LogP contribution is -2.24. The topological polar surface area (TPSA) is 17.8 Å². The predicted octanol–water partition coefficient (Wildman–Crippen LogP) is 3.79. The Bertz CT molecular complexity index is 307. The molecule has 0 unspecified atom stereocenters. The Kier molecular flexibility index (Phi) is 2.69. The molecule has 3 heteroatoms. The van der Waals surface area contributed by atoms with E-state index in [1.165, 1.54) is 25.7 Å². The summed E-state index contributed by atoms with van der Waals surface area (Å²) >= 11 is 3.53. The lowest BCUT2D eigenvalue weighted by molar-refractivity contribution is 0.184. The normalized spacial score (nSPS) is 22.5. The maximum atomic E-state index is 4.36. The van der Waals surface area contributed by atoms with E-state index in [2.05, 4.69) is 39.6 Å². The van der Waals surface area contributed by atoms with Crippen molar-refractivity contribution in [2.24, 2.45) is 5.41 Å². The van der Waals surface area contributed by atoms with Crippen molar-refractivity contribution < 1.29 is 0 Å². The second-order valence-corrected chi connectivity index (χ2v) is 5.81. The van der Waals surface area contributed by atoms with Crippen LogP contribution in [0.2, 0.25) is 0 Å². The van der Waals surface area contributed by atoms with Gasteiger partial charge in [0.15, 0.2) is 0 Å². The monoisotopic (exact) mass is 256 g/mol. The van der Waals surface area contributed by atoms with E-state index < -0.39 is 0 Å². The summed E-state index contributed by atoms with van der Waals surface area (Å²) in [6, 6.07) is 2.62. The maximum absolute atomic E-state index is 4.36. The fourth-order valence-electron chi connectivity index (χ4n) is 2.20. The third kappa shape index (κ3) is 2.02. The number of halogens is 1. The molecule has 78 valence electrons. The fourth-order valence-corrected chi connectivity index (χ4v) is 2.69. The van der Waals surface area contributed by atoms with Gasteiger partial charge in [-0.3, -0.25) is 4.68 Å². The van der Waals surface area contributed by atoms with Gasteiger partial charge in [-0.05, 0) is 53.1 Å². The van der Waals surface area contributed by atoms with Crippen molar-refractivity contribution in [2.45, 2.75) is 45.6 Å². The van der Waals surface area contributed by atoms with E-state index in [-0.39, 0.29) is 0 Å². The predicted molar refractivity (Wildman–Crippen MR) is 61.2 cm³/mol. The van der Waals surface area contributed by atoms with Crippen molar-refractivity contribution in [3.63, 3.8) is 0 Å². The van der Waals surface area contributed by atoms with Crippen LogP contribution in [0.3, 0.4) is 0 Å². The highest BCUT2D eigenvalue weighted by atomic mass is 79.9. The molecular formula is C11H17BrN2. The Morgan fingerprint density at radius 1 is 1.43 bits per heavy atom. The van der Waals surface area contributed by atoms with Gasteiger partial charge in [0, 0.05) is 0 Å². The molecule has 1 saturated carbocycles. The van der Waals surface area contributed by atoms with E-state index in [1.54, 1.807) is 0 Å². The Labute approximate surface area is 93.8 Å². The molecule has 1 aromatic rings. The zero-order chi connectivity index (χ0) is 10.2. The third-order valence-corrected chi connectivity index (χ3v) is 3.90. The van der Waals surface area contributed by atoms with Crippen molar-refractivity contribution >= 4 is 15.9 Å². The molecule has 2 nitrogen and oxygen atoms in total. The van der Waals surface area contributed by atoms with Crippen molar-refractivity contribution in [2.75, 3.05) is 0 Å². The summed E-state index contributed by atoms with van der Waals surface area (Å²) in [5, 5.41) is 4.36. The van der Waals surface area contributed by atoms with Crippen LogP contribution in [0.1, 0.15) is 45.6 Å².